The maximum absolute atomic E-state index is 12.4. The van der Waals surface area contributed by atoms with E-state index >= 15 is 0 Å². The van der Waals surface area contributed by atoms with E-state index in [1.54, 1.807) is 36.1 Å². The average Bonchev–Trinajstić information content (AvgIpc) is 2.76. The molecule has 1 heterocycles. The van der Waals surface area contributed by atoms with E-state index < -0.39 is 0 Å². The van der Waals surface area contributed by atoms with Gasteiger partial charge in [0.25, 0.3) is 0 Å². The Kier molecular flexibility index (Phi) is 4.49. The highest BCUT2D eigenvalue weighted by molar-refractivity contribution is 8.00. The maximum atomic E-state index is 12.4. The Hall–Kier alpha value is -1.75. The van der Waals surface area contributed by atoms with E-state index in [0.717, 1.165) is 16.5 Å². The molecule has 0 N–H and O–H groups in total. The first-order valence-electron chi connectivity index (χ1n) is 6.37. The summed E-state index contributed by atoms with van der Waals surface area (Å²) < 4.78 is 6.90. The number of benzene rings is 1. The van der Waals surface area contributed by atoms with Crippen LogP contribution in [0.25, 0.3) is 0 Å². The molecule has 2 rings (SSSR count). The summed E-state index contributed by atoms with van der Waals surface area (Å²) in [4.78, 5) is 12.4. The molecule has 0 aliphatic heterocycles. The van der Waals surface area contributed by atoms with Crippen molar-refractivity contribution in [3.8, 4) is 5.75 Å². The van der Waals surface area contributed by atoms with E-state index in [2.05, 4.69) is 5.10 Å². The van der Waals surface area contributed by atoms with Gasteiger partial charge in [-0.25, -0.2) is 0 Å². The van der Waals surface area contributed by atoms with E-state index in [0.29, 0.717) is 5.56 Å². The fourth-order valence-electron chi connectivity index (χ4n) is 1.92. The summed E-state index contributed by atoms with van der Waals surface area (Å²) in [6, 6.07) is 9.19. The van der Waals surface area contributed by atoms with Crippen LogP contribution in [0.1, 0.15) is 23.0 Å². The lowest BCUT2D eigenvalue weighted by Crippen LogP contribution is -2.14. The number of ketones is 1. The van der Waals surface area contributed by atoms with Gasteiger partial charge in [-0.2, -0.15) is 5.10 Å². The molecule has 0 saturated carbocycles. The van der Waals surface area contributed by atoms with Gasteiger partial charge in [0.2, 0.25) is 0 Å². The summed E-state index contributed by atoms with van der Waals surface area (Å²) in [7, 11) is 3.50. The molecule has 1 aromatic carbocycles. The molecule has 106 valence electrons. The van der Waals surface area contributed by atoms with Crippen LogP contribution in [-0.2, 0) is 7.05 Å². The normalized spacial score (nSPS) is 12.2. The second-order valence-electron chi connectivity index (χ2n) is 4.60. The van der Waals surface area contributed by atoms with Crippen molar-refractivity contribution in [1.82, 2.24) is 9.78 Å². The number of rotatable bonds is 5. The maximum Gasteiger partial charge on any atom is 0.175 e. The zero-order valence-corrected chi connectivity index (χ0v) is 12.9. The summed E-state index contributed by atoms with van der Waals surface area (Å²) in [6.45, 7) is 3.86. The lowest BCUT2D eigenvalue weighted by molar-refractivity contribution is 0.0994. The molecule has 5 heteroatoms. The van der Waals surface area contributed by atoms with Crippen molar-refractivity contribution in [2.24, 2.45) is 7.05 Å². The Morgan fingerprint density at radius 2 is 2.00 bits per heavy atom. The van der Waals surface area contributed by atoms with E-state index in [1.165, 1.54) is 11.8 Å². The fraction of sp³-hybridized carbons (Fsp3) is 0.333. The van der Waals surface area contributed by atoms with Crippen LogP contribution in [0.3, 0.4) is 0 Å². The van der Waals surface area contributed by atoms with Crippen molar-refractivity contribution in [3.63, 3.8) is 0 Å². The molecule has 0 fully saturated rings. The number of Topliss-reactive ketones (excluding diaryl/α,β-unsaturated/α-hetero) is 1. The van der Waals surface area contributed by atoms with Crippen molar-refractivity contribution in [1.29, 1.82) is 0 Å². The topological polar surface area (TPSA) is 44.1 Å². The summed E-state index contributed by atoms with van der Waals surface area (Å²) in [5, 5.41) is 5.13. The number of carbonyl (C=O) groups is 1. The minimum Gasteiger partial charge on any atom is -0.497 e. The molecule has 0 aliphatic carbocycles. The minimum absolute atomic E-state index is 0.108. The summed E-state index contributed by atoms with van der Waals surface area (Å²) >= 11 is 1.52. The highest BCUT2D eigenvalue weighted by Crippen LogP contribution is 2.26. The van der Waals surface area contributed by atoms with Crippen molar-refractivity contribution in [2.75, 3.05) is 7.11 Å². The Bertz CT molecular complexity index is 605. The van der Waals surface area contributed by atoms with Crippen LogP contribution in [0.4, 0.5) is 0 Å². The highest BCUT2D eigenvalue weighted by atomic mass is 32.2. The van der Waals surface area contributed by atoms with E-state index in [1.807, 2.05) is 27.0 Å². The van der Waals surface area contributed by atoms with Gasteiger partial charge in [-0.3, -0.25) is 9.48 Å². The summed E-state index contributed by atoms with van der Waals surface area (Å²) in [6.07, 6.45) is 0. The predicted molar refractivity (Wildman–Crippen MR) is 80.6 cm³/mol. The standard InChI is InChI=1S/C15H18N2O2S/c1-10-9-14(17(3)16-10)20-11(2)15(18)12-5-7-13(19-4)8-6-12/h5-9,11H,1-4H3. The quantitative estimate of drug-likeness (QED) is 0.627. The number of hydrogen-bond acceptors (Lipinski definition) is 4. The number of aromatic nitrogens is 2. The van der Waals surface area contributed by atoms with Crippen LogP contribution in [-0.4, -0.2) is 27.9 Å². The Morgan fingerprint density at radius 3 is 2.50 bits per heavy atom. The molecule has 20 heavy (non-hydrogen) atoms. The van der Waals surface area contributed by atoms with E-state index in [4.69, 9.17) is 4.74 Å². The first-order chi connectivity index (χ1) is 9.51. The minimum atomic E-state index is -0.154. The van der Waals surface area contributed by atoms with Crippen LogP contribution in [0.15, 0.2) is 35.4 Å². The smallest absolute Gasteiger partial charge is 0.175 e. The molecular formula is C15H18N2O2S. The van der Waals surface area contributed by atoms with Crippen LogP contribution in [0.5, 0.6) is 5.75 Å². The number of carbonyl (C=O) groups excluding carboxylic acids is 1. The molecule has 0 aliphatic rings. The molecule has 0 bridgehead atoms. The number of aryl methyl sites for hydroxylation is 2. The van der Waals surface area contributed by atoms with Gasteiger partial charge in [0.15, 0.2) is 5.78 Å². The number of nitrogens with zero attached hydrogens (tertiary/aromatic N) is 2. The first-order valence-corrected chi connectivity index (χ1v) is 7.25. The number of ether oxygens (including phenoxy) is 1. The Balaban J connectivity index is 2.09. The van der Waals surface area contributed by atoms with Gasteiger partial charge in [0.1, 0.15) is 5.75 Å². The Labute approximate surface area is 123 Å². The lowest BCUT2D eigenvalue weighted by Gasteiger charge is -2.10. The highest BCUT2D eigenvalue weighted by Gasteiger charge is 2.18. The first kappa shape index (κ1) is 14.7. The average molecular weight is 290 g/mol. The zero-order chi connectivity index (χ0) is 14.7. The lowest BCUT2D eigenvalue weighted by atomic mass is 10.1. The molecule has 0 spiro atoms. The van der Waals surface area contributed by atoms with Gasteiger partial charge in [0.05, 0.1) is 23.1 Å². The monoisotopic (exact) mass is 290 g/mol. The third-order valence-electron chi connectivity index (χ3n) is 3.00. The van der Waals surface area contributed by atoms with E-state index in [-0.39, 0.29) is 11.0 Å². The predicted octanol–water partition coefficient (Wildman–Crippen LogP) is 3.10. The second-order valence-corrected chi connectivity index (χ2v) is 5.96. The van der Waals surface area contributed by atoms with Gasteiger partial charge in [-0.1, -0.05) is 11.8 Å². The number of hydrogen-bond donors (Lipinski definition) is 0. The van der Waals surface area contributed by atoms with E-state index in [9.17, 15) is 4.79 Å². The molecular weight excluding hydrogens is 272 g/mol. The Morgan fingerprint density at radius 1 is 1.35 bits per heavy atom. The van der Waals surface area contributed by atoms with Crippen molar-refractivity contribution in [2.45, 2.75) is 24.1 Å². The molecule has 0 saturated heterocycles. The van der Waals surface area contributed by atoms with Crippen molar-refractivity contribution >= 4 is 17.5 Å². The third-order valence-corrected chi connectivity index (χ3v) is 4.19. The van der Waals surface area contributed by atoms with Crippen LogP contribution >= 0.6 is 11.8 Å². The van der Waals surface area contributed by atoms with Crippen LogP contribution in [0, 0.1) is 6.92 Å². The zero-order valence-electron chi connectivity index (χ0n) is 12.1. The van der Waals surface area contributed by atoms with Crippen LogP contribution < -0.4 is 4.74 Å². The van der Waals surface area contributed by atoms with Gasteiger partial charge in [0, 0.05) is 12.6 Å². The van der Waals surface area contributed by atoms with Gasteiger partial charge < -0.3 is 4.74 Å². The fourth-order valence-corrected chi connectivity index (χ4v) is 2.96. The third kappa shape index (κ3) is 3.22. The molecule has 4 nitrogen and oxygen atoms in total. The molecule has 0 radical (unpaired) electrons. The van der Waals surface area contributed by atoms with Crippen molar-refractivity contribution in [3.05, 3.63) is 41.6 Å². The molecule has 1 atom stereocenters. The molecule has 2 aromatic rings. The molecule has 0 amide bonds. The number of methoxy groups -OCH3 is 1. The second kappa shape index (κ2) is 6.13. The largest absolute Gasteiger partial charge is 0.497 e. The SMILES string of the molecule is COc1ccc(C(=O)C(C)Sc2cc(C)nn2C)cc1. The van der Waals surface area contributed by atoms with Crippen LogP contribution in [0.2, 0.25) is 0 Å². The summed E-state index contributed by atoms with van der Waals surface area (Å²) in [5.74, 6) is 0.862. The molecule has 1 unspecified atom stereocenters. The van der Waals surface area contributed by atoms with Gasteiger partial charge in [-0.15, -0.1) is 0 Å². The molecule has 1 aromatic heterocycles. The summed E-state index contributed by atoms with van der Waals surface area (Å²) in [5.41, 5.74) is 1.66. The van der Waals surface area contributed by atoms with Crippen molar-refractivity contribution < 1.29 is 9.53 Å². The number of thioether (sulfide) groups is 1. The van der Waals surface area contributed by atoms with Gasteiger partial charge >= 0.3 is 0 Å². The van der Waals surface area contributed by atoms with Gasteiger partial charge in [-0.05, 0) is 44.2 Å².